The lowest BCUT2D eigenvalue weighted by atomic mass is 9.97. The SMILES string of the molecule is Cc1c[nH]c(C(=O)Cc2ccc(C(=O)c3ccc(CC(=O)c4ccc(N5CCC(O)CC5)cc4)cc3)cc2)c1. The van der Waals surface area contributed by atoms with Gasteiger partial charge in [-0.15, -0.1) is 0 Å². The number of nitrogens with zero attached hydrogens (tertiary/aromatic N) is 1. The first-order chi connectivity index (χ1) is 18.9. The molecule has 0 aliphatic carbocycles. The van der Waals surface area contributed by atoms with Crippen molar-refractivity contribution in [2.24, 2.45) is 0 Å². The minimum atomic E-state index is -0.217. The van der Waals surface area contributed by atoms with Crippen molar-refractivity contribution in [3.63, 3.8) is 0 Å². The van der Waals surface area contributed by atoms with E-state index in [1.165, 1.54) is 0 Å². The van der Waals surface area contributed by atoms with Crippen LogP contribution in [0.15, 0.2) is 85.1 Å². The number of aromatic nitrogens is 1. The van der Waals surface area contributed by atoms with Crippen LogP contribution in [0.4, 0.5) is 5.69 Å². The van der Waals surface area contributed by atoms with Crippen molar-refractivity contribution in [3.8, 4) is 0 Å². The number of piperidine rings is 1. The molecule has 2 N–H and O–H groups in total. The van der Waals surface area contributed by atoms with Gasteiger partial charge in [-0.05, 0) is 66.8 Å². The average molecular weight is 521 g/mol. The quantitative estimate of drug-likeness (QED) is 0.290. The van der Waals surface area contributed by atoms with Crippen molar-refractivity contribution in [1.82, 2.24) is 4.98 Å². The van der Waals surface area contributed by atoms with Gasteiger partial charge in [-0.25, -0.2) is 0 Å². The van der Waals surface area contributed by atoms with Crippen LogP contribution in [0.2, 0.25) is 0 Å². The highest BCUT2D eigenvalue weighted by Gasteiger charge is 2.18. The van der Waals surface area contributed by atoms with Crippen molar-refractivity contribution in [2.45, 2.75) is 38.7 Å². The number of aliphatic hydroxyl groups is 1. The van der Waals surface area contributed by atoms with Crippen LogP contribution in [0.25, 0.3) is 0 Å². The molecule has 1 aliphatic rings. The summed E-state index contributed by atoms with van der Waals surface area (Å²) in [5.41, 5.74) is 6.11. The number of nitrogens with one attached hydrogen (secondary N) is 1. The fraction of sp³-hybridized carbons (Fsp3) is 0.242. The minimum Gasteiger partial charge on any atom is -0.393 e. The maximum absolute atomic E-state index is 13.0. The molecule has 1 aliphatic heterocycles. The Morgan fingerprint density at radius 3 is 1.79 bits per heavy atom. The second-order valence-electron chi connectivity index (χ2n) is 10.3. The summed E-state index contributed by atoms with van der Waals surface area (Å²) in [6.07, 6.45) is 3.64. The molecule has 1 aromatic heterocycles. The number of rotatable bonds is 9. The Balaban J connectivity index is 1.16. The summed E-state index contributed by atoms with van der Waals surface area (Å²) in [6, 6.07) is 23.8. The van der Waals surface area contributed by atoms with Gasteiger partial charge in [-0.2, -0.15) is 0 Å². The van der Waals surface area contributed by atoms with Crippen LogP contribution in [0.5, 0.6) is 0 Å². The Bertz CT molecular complexity index is 1460. The van der Waals surface area contributed by atoms with Gasteiger partial charge < -0.3 is 15.0 Å². The van der Waals surface area contributed by atoms with E-state index in [9.17, 15) is 19.5 Å². The zero-order chi connectivity index (χ0) is 27.4. The predicted molar refractivity (Wildman–Crippen MR) is 152 cm³/mol. The number of ketones is 3. The van der Waals surface area contributed by atoms with Gasteiger partial charge in [0.2, 0.25) is 0 Å². The zero-order valence-corrected chi connectivity index (χ0v) is 22.0. The average Bonchev–Trinajstić information content (AvgIpc) is 3.40. The summed E-state index contributed by atoms with van der Waals surface area (Å²) < 4.78 is 0. The van der Waals surface area contributed by atoms with E-state index < -0.39 is 0 Å². The number of aryl methyl sites for hydroxylation is 1. The lowest BCUT2D eigenvalue weighted by Gasteiger charge is -2.31. The van der Waals surface area contributed by atoms with E-state index in [-0.39, 0.29) is 36.3 Å². The number of Topliss-reactive ketones (excluding diaryl/α,β-unsaturated/α-hetero) is 2. The molecule has 0 bridgehead atoms. The van der Waals surface area contributed by atoms with E-state index in [0.717, 1.165) is 48.3 Å². The van der Waals surface area contributed by atoms with Gasteiger partial charge in [0.1, 0.15) is 0 Å². The summed E-state index contributed by atoms with van der Waals surface area (Å²) in [5.74, 6) is -0.0769. The Morgan fingerprint density at radius 2 is 1.28 bits per heavy atom. The molecular weight excluding hydrogens is 488 g/mol. The van der Waals surface area contributed by atoms with E-state index in [1.54, 1.807) is 30.5 Å². The van der Waals surface area contributed by atoms with Gasteiger partial charge in [0.15, 0.2) is 17.3 Å². The highest BCUT2D eigenvalue weighted by atomic mass is 16.3. The second-order valence-corrected chi connectivity index (χ2v) is 10.3. The number of anilines is 1. The van der Waals surface area contributed by atoms with Crippen LogP contribution in [0, 0.1) is 6.92 Å². The number of benzene rings is 3. The largest absolute Gasteiger partial charge is 0.393 e. The first kappa shape index (κ1) is 26.3. The van der Waals surface area contributed by atoms with Crippen molar-refractivity contribution in [1.29, 1.82) is 0 Å². The lowest BCUT2D eigenvalue weighted by Crippen LogP contribution is -2.35. The lowest BCUT2D eigenvalue weighted by molar-refractivity contribution is 0.0982. The van der Waals surface area contributed by atoms with E-state index in [4.69, 9.17) is 0 Å². The van der Waals surface area contributed by atoms with Gasteiger partial charge in [-0.3, -0.25) is 14.4 Å². The molecular formula is C33H32N2O4. The van der Waals surface area contributed by atoms with Gasteiger partial charge >= 0.3 is 0 Å². The third-order valence-electron chi connectivity index (χ3n) is 7.31. The topological polar surface area (TPSA) is 90.5 Å². The summed E-state index contributed by atoms with van der Waals surface area (Å²) in [5, 5.41) is 9.70. The number of hydrogen-bond acceptors (Lipinski definition) is 5. The molecule has 4 aromatic rings. The van der Waals surface area contributed by atoms with E-state index in [0.29, 0.717) is 22.4 Å². The third-order valence-corrected chi connectivity index (χ3v) is 7.31. The first-order valence-corrected chi connectivity index (χ1v) is 13.3. The molecule has 5 rings (SSSR count). The molecule has 1 saturated heterocycles. The fourth-order valence-electron chi connectivity index (χ4n) is 4.93. The molecule has 1 fully saturated rings. The summed E-state index contributed by atoms with van der Waals surface area (Å²) >= 11 is 0. The molecule has 0 atom stereocenters. The molecule has 0 saturated carbocycles. The van der Waals surface area contributed by atoms with Crippen LogP contribution in [-0.2, 0) is 12.8 Å². The van der Waals surface area contributed by atoms with Crippen LogP contribution in [0.1, 0.15) is 66.3 Å². The van der Waals surface area contributed by atoms with Crippen LogP contribution in [-0.4, -0.2) is 46.6 Å². The molecule has 3 aromatic carbocycles. The molecule has 0 radical (unpaired) electrons. The minimum absolute atomic E-state index is 0.00555. The smallest absolute Gasteiger partial charge is 0.193 e. The molecule has 2 heterocycles. The fourth-order valence-corrected chi connectivity index (χ4v) is 4.93. The van der Waals surface area contributed by atoms with Crippen molar-refractivity contribution >= 4 is 23.0 Å². The maximum Gasteiger partial charge on any atom is 0.193 e. The maximum atomic E-state index is 13.0. The van der Waals surface area contributed by atoms with E-state index in [2.05, 4.69) is 9.88 Å². The van der Waals surface area contributed by atoms with Crippen molar-refractivity contribution < 1.29 is 19.5 Å². The highest BCUT2D eigenvalue weighted by Crippen LogP contribution is 2.21. The molecule has 0 spiro atoms. The summed E-state index contributed by atoms with van der Waals surface area (Å²) in [4.78, 5) is 43.5. The van der Waals surface area contributed by atoms with Crippen LogP contribution < -0.4 is 4.90 Å². The Labute approximate surface area is 228 Å². The number of carbonyl (C=O) groups excluding carboxylic acids is 3. The second kappa shape index (κ2) is 11.6. The van der Waals surface area contributed by atoms with E-state index >= 15 is 0 Å². The van der Waals surface area contributed by atoms with Crippen LogP contribution in [0.3, 0.4) is 0 Å². The number of hydrogen-bond donors (Lipinski definition) is 2. The highest BCUT2D eigenvalue weighted by molar-refractivity contribution is 6.09. The summed E-state index contributed by atoms with van der Waals surface area (Å²) in [7, 11) is 0. The Hall–Kier alpha value is -4.29. The van der Waals surface area contributed by atoms with Gasteiger partial charge in [0.05, 0.1) is 11.8 Å². The Morgan fingerprint density at radius 1 is 0.769 bits per heavy atom. The number of carbonyl (C=O) groups is 3. The third kappa shape index (κ3) is 6.41. The zero-order valence-electron chi connectivity index (χ0n) is 22.0. The standard InChI is InChI=1S/C33H32N2O4/c1-22-18-30(34-21-22)32(38)20-24-4-8-27(9-5-24)33(39)26-6-2-23(3-7-26)19-31(37)25-10-12-28(13-11-25)35-16-14-29(36)15-17-35/h2-13,18,21,29,34,36H,14-17,19-20H2,1H3. The molecule has 39 heavy (non-hydrogen) atoms. The molecule has 6 nitrogen and oxygen atoms in total. The molecule has 0 unspecified atom stereocenters. The molecule has 198 valence electrons. The number of aliphatic hydroxyl groups excluding tert-OH is 1. The number of H-pyrrole nitrogens is 1. The predicted octanol–water partition coefficient (Wildman–Crippen LogP) is 5.37. The van der Waals surface area contributed by atoms with Crippen molar-refractivity contribution in [3.05, 3.63) is 124 Å². The first-order valence-electron chi connectivity index (χ1n) is 13.3. The monoisotopic (exact) mass is 520 g/mol. The van der Waals surface area contributed by atoms with Crippen LogP contribution >= 0.6 is 0 Å². The van der Waals surface area contributed by atoms with E-state index in [1.807, 2.05) is 61.5 Å². The van der Waals surface area contributed by atoms with Gasteiger partial charge in [0, 0.05) is 54.5 Å². The number of aromatic amines is 1. The Kier molecular flexibility index (Phi) is 7.84. The molecule has 0 amide bonds. The summed E-state index contributed by atoms with van der Waals surface area (Å²) in [6.45, 7) is 3.56. The molecule has 6 heteroatoms. The van der Waals surface area contributed by atoms with Gasteiger partial charge in [0.25, 0.3) is 0 Å². The van der Waals surface area contributed by atoms with Crippen molar-refractivity contribution in [2.75, 3.05) is 18.0 Å². The normalized spacial score (nSPS) is 13.8. The van der Waals surface area contributed by atoms with Gasteiger partial charge in [-0.1, -0.05) is 48.5 Å².